The Labute approximate surface area is 339 Å². The van der Waals surface area contributed by atoms with Crippen LogP contribution in [-0.4, -0.2) is 4.57 Å². The standard InChI is InChI=1S/C56H40N2/c1-2-14-41(15-3-1)51-36-29-45(44-26-25-39-13-4-5-17-43(39)37-44)38-56(51)57(46-30-27-42(28-31-46)50-22-12-18-40-16-6-7-19-49(40)50)47-32-34-48(35-33-47)58-54-23-10-8-20-52(54)53-21-9-11-24-55(53)58/h1-10,12-23,25-38H,11,24H2. The molecule has 10 aromatic rings. The summed E-state index contributed by atoms with van der Waals surface area (Å²) in [6.07, 6.45) is 6.70. The van der Waals surface area contributed by atoms with Crippen LogP contribution in [0, 0.1) is 0 Å². The van der Waals surface area contributed by atoms with Crippen molar-refractivity contribution in [3.63, 3.8) is 0 Å². The van der Waals surface area contributed by atoms with Crippen LogP contribution in [0.5, 0.6) is 0 Å². The number of para-hydroxylation sites is 1. The summed E-state index contributed by atoms with van der Waals surface area (Å²) in [4.78, 5) is 2.44. The second-order valence-corrected chi connectivity index (χ2v) is 15.2. The Morgan fingerprint density at radius 1 is 0.414 bits per heavy atom. The van der Waals surface area contributed by atoms with E-state index in [0.717, 1.165) is 29.9 Å². The Hall–Kier alpha value is -7.42. The quantitative estimate of drug-likeness (QED) is 0.158. The molecule has 2 nitrogen and oxygen atoms in total. The maximum atomic E-state index is 2.47. The van der Waals surface area contributed by atoms with Crippen molar-refractivity contribution in [2.75, 3.05) is 4.90 Å². The lowest BCUT2D eigenvalue weighted by molar-refractivity contribution is 0.888. The number of nitrogens with zero attached hydrogens (tertiary/aromatic N) is 2. The third-order valence-electron chi connectivity index (χ3n) is 11.8. The van der Waals surface area contributed by atoms with Crippen molar-refractivity contribution in [3.05, 3.63) is 224 Å². The van der Waals surface area contributed by atoms with Gasteiger partial charge < -0.3 is 9.47 Å². The molecule has 0 spiro atoms. The van der Waals surface area contributed by atoms with Crippen LogP contribution < -0.4 is 4.90 Å². The Balaban J connectivity index is 1.10. The lowest BCUT2D eigenvalue weighted by Gasteiger charge is -2.29. The van der Waals surface area contributed by atoms with Gasteiger partial charge >= 0.3 is 0 Å². The normalized spacial score (nSPS) is 12.3. The van der Waals surface area contributed by atoms with Gasteiger partial charge in [-0.05, 0) is 117 Å². The van der Waals surface area contributed by atoms with Crippen molar-refractivity contribution in [2.24, 2.45) is 0 Å². The SMILES string of the molecule is C1=Cc2c(n(-c3ccc(N(c4ccc(-c5cccc6ccccc56)cc4)c4cc(-c5ccc6ccccc6c5)ccc4-c4ccccc4)cc3)c3ccccc23)CC1. The molecular weight excluding hydrogens is 701 g/mol. The summed E-state index contributed by atoms with van der Waals surface area (Å²) in [5.41, 5.74) is 15.6. The minimum absolute atomic E-state index is 1.03. The van der Waals surface area contributed by atoms with Gasteiger partial charge in [0.1, 0.15) is 0 Å². The maximum absolute atomic E-state index is 2.47. The average molecular weight is 741 g/mol. The van der Waals surface area contributed by atoms with Crippen LogP contribution >= 0.6 is 0 Å². The zero-order valence-electron chi connectivity index (χ0n) is 32.1. The van der Waals surface area contributed by atoms with Crippen molar-refractivity contribution in [1.82, 2.24) is 4.57 Å². The summed E-state index contributed by atoms with van der Waals surface area (Å²) in [6, 6.07) is 75.5. The Morgan fingerprint density at radius 2 is 1.03 bits per heavy atom. The first-order valence-corrected chi connectivity index (χ1v) is 20.2. The average Bonchev–Trinajstić information content (AvgIpc) is 3.64. The number of hydrogen-bond donors (Lipinski definition) is 0. The second-order valence-electron chi connectivity index (χ2n) is 15.2. The molecule has 0 radical (unpaired) electrons. The van der Waals surface area contributed by atoms with Gasteiger partial charge in [-0.1, -0.05) is 164 Å². The van der Waals surface area contributed by atoms with E-state index < -0.39 is 0 Å². The number of allylic oxidation sites excluding steroid dienone is 1. The molecule has 0 aliphatic heterocycles. The van der Waals surface area contributed by atoms with Crippen molar-refractivity contribution >= 4 is 55.6 Å². The molecule has 11 rings (SSSR count). The van der Waals surface area contributed by atoms with E-state index in [1.807, 2.05) is 0 Å². The van der Waals surface area contributed by atoms with Gasteiger partial charge in [0.2, 0.25) is 0 Å². The van der Waals surface area contributed by atoms with Crippen LogP contribution in [0.3, 0.4) is 0 Å². The zero-order chi connectivity index (χ0) is 38.4. The summed E-state index contributed by atoms with van der Waals surface area (Å²) in [5.74, 6) is 0. The van der Waals surface area contributed by atoms with Gasteiger partial charge in [0.15, 0.2) is 0 Å². The van der Waals surface area contributed by atoms with Gasteiger partial charge in [0, 0.05) is 39.3 Å². The Bertz CT molecular complexity index is 3150. The van der Waals surface area contributed by atoms with E-state index in [2.05, 4.69) is 228 Å². The van der Waals surface area contributed by atoms with E-state index >= 15 is 0 Å². The monoisotopic (exact) mass is 740 g/mol. The van der Waals surface area contributed by atoms with E-state index in [0.29, 0.717) is 0 Å². The number of anilines is 3. The third-order valence-corrected chi connectivity index (χ3v) is 11.8. The lowest BCUT2D eigenvalue weighted by Crippen LogP contribution is -2.12. The van der Waals surface area contributed by atoms with Crippen molar-refractivity contribution in [3.8, 4) is 39.1 Å². The van der Waals surface area contributed by atoms with Gasteiger partial charge in [0.25, 0.3) is 0 Å². The van der Waals surface area contributed by atoms with Crippen molar-refractivity contribution < 1.29 is 0 Å². The molecule has 274 valence electrons. The molecular formula is C56H40N2. The number of fused-ring (bicyclic) bond motifs is 5. The highest BCUT2D eigenvalue weighted by atomic mass is 15.1. The Kier molecular flexibility index (Phi) is 8.33. The maximum Gasteiger partial charge on any atom is 0.0546 e. The second kappa shape index (κ2) is 14.3. The molecule has 0 N–H and O–H groups in total. The van der Waals surface area contributed by atoms with Gasteiger partial charge in [-0.15, -0.1) is 0 Å². The minimum Gasteiger partial charge on any atom is -0.313 e. The highest BCUT2D eigenvalue weighted by Gasteiger charge is 2.21. The van der Waals surface area contributed by atoms with E-state index in [4.69, 9.17) is 0 Å². The van der Waals surface area contributed by atoms with Gasteiger partial charge in [-0.25, -0.2) is 0 Å². The molecule has 58 heavy (non-hydrogen) atoms. The van der Waals surface area contributed by atoms with Crippen LogP contribution in [0.2, 0.25) is 0 Å². The topological polar surface area (TPSA) is 8.17 Å². The predicted molar refractivity (Wildman–Crippen MR) is 247 cm³/mol. The summed E-state index contributed by atoms with van der Waals surface area (Å²) >= 11 is 0. The molecule has 0 saturated carbocycles. The fourth-order valence-electron chi connectivity index (χ4n) is 9.04. The predicted octanol–water partition coefficient (Wildman–Crippen LogP) is 15.4. The molecule has 1 aromatic heterocycles. The molecule has 2 heteroatoms. The number of rotatable bonds is 7. The lowest BCUT2D eigenvalue weighted by atomic mass is 9.95. The summed E-state index contributed by atoms with van der Waals surface area (Å²) in [6.45, 7) is 0. The molecule has 1 aliphatic rings. The fraction of sp³-hybridized carbons (Fsp3) is 0.0357. The van der Waals surface area contributed by atoms with Gasteiger partial charge in [-0.3, -0.25) is 0 Å². The van der Waals surface area contributed by atoms with Crippen LogP contribution in [-0.2, 0) is 6.42 Å². The third kappa shape index (κ3) is 5.90. The minimum atomic E-state index is 1.03. The molecule has 0 unspecified atom stereocenters. The molecule has 0 saturated heterocycles. The van der Waals surface area contributed by atoms with Gasteiger partial charge in [-0.2, -0.15) is 0 Å². The van der Waals surface area contributed by atoms with Crippen LogP contribution in [0.4, 0.5) is 17.1 Å². The van der Waals surface area contributed by atoms with Crippen molar-refractivity contribution in [1.29, 1.82) is 0 Å². The van der Waals surface area contributed by atoms with Gasteiger partial charge in [0.05, 0.1) is 11.2 Å². The van der Waals surface area contributed by atoms with E-state index in [-0.39, 0.29) is 0 Å². The number of aromatic nitrogens is 1. The summed E-state index contributed by atoms with van der Waals surface area (Å²) in [5, 5.41) is 6.29. The summed E-state index contributed by atoms with van der Waals surface area (Å²) in [7, 11) is 0. The molecule has 0 atom stereocenters. The molecule has 9 aromatic carbocycles. The highest BCUT2D eigenvalue weighted by molar-refractivity contribution is 5.98. The molecule has 0 amide bonds. The van der Waals surface area contributed by atoms with E-state index in [9.17, 15) is 0 Å². The fourth-order valence-corrected chi connectivity index (χ4v) is 9.04. The summed E-state index contributed by atoms with van der Waals surface area (Å²) < 4.78 is 2.47. The number of hydrogen-bond acceptors (Lipinski definition) is 1. The first kappa shape index (κ1) is 33.9. The highest BCUT2D eigenvalue weighted by Crippen LogP contribution is 2.44. The molecule has 1 heterocycles. The van der Waals surface area contributed by atoms with Crippen molar-refractivity contribution in [2.45, 2.75) is 12.8 Å². The Morgan fingerprint density at radius 3 is 1.86 bits per heavy atom. The molecule has 1 aliphatic carbocycles. The van der Waals surface area contributed by atoms with Crippen LogP contribution in [0.25, 0.3) is 77.6 Å². The largest absolute Gasteiger partial charge is 0.313 e. The molecule has 0 fully saturated rings. The molecule has 0 bridgehead atoms. The smallest absolute Gasteiger partial charge is 0.0546 e. The first-order valence-electron chi connectivity index (χ1n) is 20.2. The van der Waals surface area contributed by atoms with E-state index in [1.165, 1.54) is 82.8 Å². The van der Waals surface area contributed by atoms with Crippen LogP contribution in [0.15, 0.2) is 212 Å². The van der Waals surface area contributed by atoms with Crippen LogP contribution in [0.1, 0.15) is 17.7 Å². The first-order chi connectivity index (χ1) is 28.8. The van der Waals surface area contributed by atoms with E-state index in [1.54, 1.807) is 0 Å². The zero-order valence-corrected chi connectivity index (χ0v) is 32.1. The number of benzene rings is 9.